The first-order valence-corrected chi connectivity index (χ1v) is 10.6. The van der Waals surface area contributed by atoms with Crippen molar-refractivity contribution in [3.63, 3.8) is 0 Å². The molecule has 0 unspecified atom stereocenters. The fraction of sp³-hybridized carbons (Fsp3) is 0.458. The molecule has 0 radical (unpaired) electrons. The fourth-order valence-corrected chi connectivity index (χ4v) is 3.47. The number of carbonyl (C=O) groups excluding carboxylic acids is 1. The van der Waals surface area contributed by atoms with Crippen molar-refractivity contribution in [3.05, 3.63) is 65.2 Å². The Morgan fingerprint density at radius 2 is 1.53 bits per heavy atom. The van der Waals surface area contributed by atoms with Gasteiger partial charge in [0.25, 0.3) is 0 Å². The number of piperazine rings is 1. The number of aliphatic hydroxyl groups excluding tert-OH is 1. The van der Waals surface area contributed by atoms with Crippen LogP contribution in [0.25, 0.3) is 0 Å². The van der Waals surface area contributed by atoms with Crippen LogP contribution < -0.4 is 10.1 Å². The molecule has 0 bridgehead atoms. The van der Waals surface area contributed by atoms with Crippen molar-refractivity contribution in [3.8, 4) is 5.75 Å². The zero-order valence-electron chi connectivity index (χ0n) is 18.0. The van der Waals surface area contributed by atoms with Gasteiger partial charge in [-0.2, -0.15) is 0 Å². The van der Waals surface area contributed by atoms with Crippen molar-refractivity contribution in [2.24, 2.45) is 0 Å². The smallest absolute Gasteiger partial charge is 0.234 e. The van der Waals surface area contributed by atoms with Gasteiger partial charge in [-0.3, -0.25) is 14.6 Å². The Balaban J connectivity index is 1.30. The third-order valence-corrected chi connectivity index (χ3v) is 5.37. The van der Waals surface area contributed by atoms with Crippen LogP contribution in [0.2, 0.25) is 0 Å². The summed E-state index contributed by atoms with van der Waals surface area (Å²) in [6, 6.07) is 16.0. The second kappa shape index (κ2) is 11.1. The molecule has 0 spiro atoms. The molecular weight excluding hydrogens is 378 g/mol. The van der Waals surface area contributed by atoms with Crippen LogP contribution in [0, 0.1) is 13.8 Å². The van der Waals surface area contributed by atoms with Gasteiger partial charge in [-0.1, -0.05) is 47.5 Å². The van der Waals surface area contributed by atoms with Crippen LogP contribution >= 0.6 is 0 Å². The van der Waals surface area contributed by atoms with E-state index in [-0.39, 0.29) is 12.5 Å². The monoisotopic (exact) mass is 411 g/mol. The van der Waals surface area contributed by atoms with Gasteiger partial charge >= 0.3 is 0 Å². The summed E-state index contributed by atoms with van der Waals surface area (Å²) < 4.78 is 5.67. The highest BCUT2D eigenvalue weighted by molar-refractivity contribution is 5.78. The molecular formula is C24H33N3O3. The van der Waals surface area contributed by atoms with Gasteiger partial charge < -0.3 is 15.2 Å². The van der Waals surface area contributed by atoms with Crippen LogP contribution in [0.15, 0.2) is 48.5 Å². The van der Waals surface area contributed by atoms with Crippen molar-refractivity contribution in [2.75, 3.05) is 45.9 Å². The molecule has 1 fully saturated rings. The summed E-state index contributed by atoms with van der Waals surface area (Å²) in [5.74, 6) is 0.830. The van der Waals surface area contributed by atoms with Gasteiger partial charge in [-0.15, -0.1) is 0 Å². The first kappa shape index (κ1) is 22.3. The van der Waals surface area contributed by atoms with E-state index in [0.717, 1.165) is 37.5 Å². The molecule has 0 aromatic heterocycles. The Hall–Kier alpha value is -2.41. The molecule has 1 heterocycles. The third kappa shape index (κ3) is 7.44. The Morgan fingerprint density at radius 1 is 0.967 bits per heavy atom. The standard InChI is InChI=1S/C24H33N3O3/c1-19-3-7-21(8-4-19)15-25-24(29)17-27-13-11-26(12-14-27)16-22(28)18-30-23-9-5-20(2)6-10-23/h3-10,22,28H,11-18H2,1-2H3,(H,25,29)/t22-/m0/s1. The maximum absolute atomic E-state index is 12.2. The molecule has 6 heteroatoms. The molecule has 6 nitrogen and oxygen atoms in total. The maximum Gasteiger partial charge on any atom is 0.234 e. The Kier molecular flexibility index (Phi) is 8.25. The molecule has 1 saturated heterocycles. The average Bonchev–Trinajstić information content (AvgIpc) is 2.74. The molecule has 30 heavy (non-hydrogen) atoms. The highest BCUT2D eigenvalue weighted by atomic mass is 16.5. The van der Waals surface area contributed by atoms with Gasteiger partial charge in [-0.05, 0) is 31.5 Å². The van der Waals surface area contributed by atoms with Crippen molar-refractivity contribution in [1.82, 2.24) is 15.1 Å². The normalized spacial score (nSPS) is 16.2. The van der Waals surface area contributed by atoms with E-state index >= 15 is 0 Å². The van der Waals surface area contributed by atoms with E-state index in [9.17, 15) is 9.90 Å². The molecule has 0 saturated carbocycles. The second-order valence-electron chi connectivity index (χ2n) is 8.12. The lowest BCUT2D eigenvalue weighted by Gasteiger charge is -2.35. The van der Waals surface area contributed by atoms with Crippen LogP contribution in [-0.4, -0.2) is 72.8 Å². The van der Waals surface area contributed by atoms with Crippen molar-refractivity contribution < 1.29 is 14.6 Å². The SMILES string of the molecule is Cc1ccc(CNC(=O)CN2CCN(C[C@H](O)COc3ccc(C)cc3)CC2)cc1. The molecule has 1 aliphatic heterocycles. The molecule has 2 N–H and O–H groups in total. The van der Waals surface area contributed by atoms with Crippen LogP contribution in [0.5, 0.6) is 5.75 Å². The van der Waals surface area contributed by atoms with E-state index in [2.05, 4.69) is 34.2 Å². The number of amides is 1. The minimum atomic E-state index is -0.532. The first-order valence-electron chi connectivity index (χ1n) is 10.6. The number of ether oxygens (including phenoxy) is 1. The Labute approximate surface area is 179 Å². The highest BCUT2D eigenvalue weighted by Crippen LogP contribution is 2.12. The van der Waals surface area contributed by atoms with Gasteiger partial charge in [0.2, 0.25) is 5.91 Å². The molecule has 162 valence electrons. The number of hydrogen-bond acceptors (Lipinski definition) is 5. The van der Waals surface area contributed by atoms with Crippen LogP contribution in [0.4, 0.5) is 0 Å². The minimum absolute atomic E-state index is 0.0514. The summed E-state index contributed by atoms with van der Waals surface area (Å²) in [7, 11) is 0. The van der Waals surface area contributed by atoms with Gasteiger partial charge in [-0.25, -0.2) is 0 Å². The van der Waals surface area contributed by atoms with E-state index in [0.29, 0.717) is 19.6 Å². The largest absolute Gasteiger partial charge is 0.491 e. The Morgan fingerprint density at radius 3 is 2.17 bits per heavy atom. The van der Waals surface area contributed by atoms with E-state index in [1.54, 1.807) is 0 Å². The van der Waals surface area contributed by atoms with E-state index in [1.165, 1.54) is 11.1 Å². The number of aryl methyl sites for hydroxylation is 2. The number of aliphatic hydroxyl groups is 1. The van der Waals surface area contributed by atoms with E-state index < -0.39 is 6.10 Å². The predicted molar refractivity (Wildman–Crippen MR) is 119 cm³/mol. The summed E-state index contributed by atoms with van der Waals surface area (Å²) in [4.78, 5) is 16.6. The quantitative estimate of drug-likeness (QED) is 0.661. The minimum Gasteiger partial charge on any atom is -0.491 e. The van der Waals surface area contributed by atoms with Crippen molar-refractivity contribution in [2.45, 2.75) is 26.5 Å². The molecule has 3 rings (SSSR count). The molecule has 2 aromatic rings. The topological polar surface area (TPSA) is 65.0 Å². The second-order valence-corrected chi connectivity index (χ2v) is 8.12. The predicted octanol–water partition coefficient (Wildman–Crippen LogP) is 1.98. The lowest BCUT2D eigenvalue weighted by molar-refractivity contribution is -0.122. The fourth-order valence-electron chi connectivity index (χ4n) is 3.47. The molecule has 1 atom stereocenters. The Bertz CT molecular complexity index is 784. The number of nitrogens with zero attached hydrogens (tertiary/aromatic N) is 2. The summed E-state index contributed by atoms with van der Waals surface area (Å²) in [6.07, 6.45) is -0.532. The van der Waals surface area contributed by atoms with E-state index in [1.807, 2.05) is 43.3 Å². The number of nitrogens with one attached hydrogen (secondary N) is 1. The highest BCUT2D eigenvalue weighted by Gasteiger charge is 2.21. The van der Waals surface area contributed by atoms with Crippen molar-refractivity contribution in [1.29, 1.82) is 0 Å². The number of hydrogen-bond donors (Lipinski definition) is 2. The molecule has 0 aliphatic carbocycles. The molecule has 1 aliphatic rings. The van der Waals surface area contributed by atoms with Gasteiger partial charge in [0.15, 0.2) is 0 Å². The third-order valence-electron chi connectivity index (χ3n) is 5.37. The molecule has 1 amide bonds. The summed E-state index contributed by atoms with van der Waals surface area (Å²) in [5, 5.41) is 13.3. The van der Waals surface area contributed by atoms with Gasteiger partial charge in [0.1, 0.15) is 18.5 Å². The van der Waals surface area contributed by atoms with Crippen molar-refractivity contribution >= 4 is 5.91 Å². The van der Waals surface area contributed by atoms with Crippen LogP contribution in [0.1, 0.15) is 16.7 Å². The number of β-amino-alcohol motifs (C(OH)–C–C–N with tert-alkyl or cyclic N) is 1. The maximum atomic E-state index is 12.2. The van der Waals surface area contributed by atoms with Crippen LogP contribution in [0.3, 0.4) is 0 Å². The first-order chi connectivity index (χ1) is 14.5. The summed E-state index contributed by atoms with van der Waals surface area (Å²) in [5.41, 5.74) is 3.51. The lowest BCUT2D eigenvalue weighted by Crippen LogP contribution is -2.51. The zero-order chi connectivity index (χ0) is 21.3. The van der Waals surface area contributed by atoms with Crippen LogP contribution in [-0.2, 0) is 11.3 Å². The summed E-state index contributed by atoms with van der Waals surface area (Å²) in [6.45, 7) is 9.26. The summed E-state index contributed by atoms with van der Waals surface area (Å²) >= 11 is 0. The number of benzene rings is 2. The van der Waals surface area contributed by atoms with Gasteiger partial charge in [0, 0.05) is 39.3 Å². The number of rotatable bonds is 9. The van der Waals surface area contributed by atoms with E-state index in [4.69, 9.17) is 4.74 Å². The van der Waals surface area contributed by atoms with Gasteiger partial charge in [0.05, 0.1) is 6.54 Å². The zero-order valence-corrected chi connectivity index (χ0v) is 18.0. The molecule has 2 aromatic carbocycles. The average molecular weight is 412 g/mol. The number of carbonyl (C=O) groups is 1. The lowest BCUT2D eigenvalue weighted by atomic mass is 10.1.